The molecule has 0 N–H and O–H groups in total. The molecule has 80 valence electrons. The summed E-state index contributed by atoms with van der Waals surface area (Å²) >= 11 is 0. The standard InChI is InChI=1S/C13H17NO/c1-9(2)13-6-5-12(7-10(13)3)15-11(4)8-14/h5-7,9,11H,1-4H3. The Bertz CT molecular complexity index is 377. The van der Waals surface area contributed by atoms with Gasteiger partial charge in [-0.25, -0.2) is 0 Å². The number of aryl methyl sites for hydroxylation is 1. The molecular formula is C13H17NO. The molecule has 15 heavy (non-hydrogen) atoms. The van der Waals surface area contributed by atoms with Gasteiger partial charge >= 0.3 is 0 Å². The summed E-state index contributed by atoms with van der Waals surface area (Å²) in [5.74, 6) is 1.29. The molecule has 0 aromatic heterocycles. The van der Waals surface area contributed by atoms with Gasteiger partial charge in [-0.05, 0) is 43.0 Å². The molecule has 1 aromatic carbocycles. The first kappa shape index (κ1) is 11.6. The Morgan fingerprint density at radius 3 is 2.40 bits per heavy atom. The third-order valence-corrected chi connectivity index (χ3v) is 2.36. The summed E-state index contributed by atoms with van der Waals surface area (Å²) in [5, 5.41) is 8.63. The third-order valence-electron chi connectivity index (χ3n) is 2.36. The summed E-state index contributed by atoms with van der Waals surface area (Å²) in [6, 6.07) is 8.03. The number of benzene rings is 1. The number of nitrogens with zero attached hydrogens (tertiary/aromatic N) is 1. The fourth-order valence-electron chi connectivity index (χ4n) is 1.60. The van der Waals surface area contributed by atoms with Gasteiger partial charge in [0.05, 0.1) is 0 Å². The van der Waals surface area contributed by atoms with Crippen LogP contribution < -0.4 is 4.74 Å². The highest BCUT2D eigenvalue weighted by molar-refractivity contribution is 5.36. The zero-order valence-electron chi connectivity index (χ0n) is 9.74. The van der Waals surface area contributed by atoms with E-state index < -0.39 is 6.10 Å². The first-order valence-corrected chi connectivity index (χ1v) is 5.21. The largest absolute Gasteiger partial charge is 0.476 e. The minimum absolute atomic E-state index is 0.394. The molecule has 1 aromatic rings. The molecule has 2 heteroatoms. The highest BCUT2D eigenvalue weighted by atomic mass is 16.5. The average molecular weight is 203 g/mol. The van der Waals surface area contributed by atoms with Crippen LogP contribution in [0.2, 0.25) is 0 Å². The number of hydrogen-bond acceptors (Lipinski definition) is 2. The van der Waals surface area contributed by atoms with Crippen LogP contribution in [-0.4, -0.2) is 6.10 Å². The SMILES string of the molecule is Cc1cc(OC(C)C#N)ccc1C(C)C. The number of rotatable bonds is 3. The van der Waals surface area contributed by atoms with Crippen LogP contribution in [0, 0.1) is 18.3 Å². The van der Waals surface area contributed by atoms with Crippen LogP contribution in [0.25, 0.3) is 0 Å². The first-order valence-electron chi connectivity index (χ1n) is 5.21. The Kier molecular flexibility index (Phi) is 3.74. The summed E-state index contributed by atoms with van der Waals surface area (Å²) in [6.45, 7) is 8.15. The van der Waals surface area contributed by atoms with Crippen molar-refractivity contribution in [1.82, 2.24) is 0 Å². The van der Waals surface area contributed by atoms with Gasteiger partial charge in [0.15, 0.2) is 6.10 Å². The fraction of sp³-hybridized carbons (Fsp3) is 0.462. The van der Waals surface area contributed by atoms with E-state index in [9.17, 15) is 0 Å². The number of hydrogen-bond donors (Lipinski definition) is 0. The van der Waals surface area contributed by atoms with Crippen molar-refractivity contribution in [3.05, 3.63) is 29.3 Å². The quantitative estimate of drug-likeness (QED) is 0.754. The van der Waals surface area contributed by atoms with Gasteiger partial charge in [-0.15, -0.1) is 0 Å². The van der Waals surface area contributed by atoms with E-state index in [0.717, 1.165) is 5.75 Å². The molecule has 1 rings (SSSR count). The van der Waals surface area contributed by atoms with Crippen LogP contribution in [-0.2, 0) is 0 Å². The van der Waals surface area contributed by atoms with E-state index in [1.54, 1.807) is 6.92 Å². The zero-order chi connectivity index (χ0) is 11.4. The van der Waals surface area contributed by atoms with E-state index in [-0.39, 0.29) is 0 Å². The predicted octanol–water partition coefficient (Wildman–Crippen LogP) is 3.41. The molecule has 0 radical (unpaired) electrons. The van der Waals surface area contributed by atoms with Crippen molar-refractivity contribution in [2.75, 3.05) is 0 Å². The van der Waals surface area contributed by atoms with Crippen molar-refractivity contribution in [1.29, 1.82) is 5.26 Å². The van der Waals surface area contributed by atoms with Crippen LogP contribution in [0.15, 0.2) is 18.2 Å². The summed E-state index contributed by atoms with van der Waals surface area (Å²) in [4.78, 5) is 0. The van der Waals surface area contributed by atoms with Crippen molar-refractivity contribution in [3.8, 4) is 11.8 Å². The van der Waals surface area contributed by atoms with E-state index >= 15 is 0 Å². The molecule has 0 fully saturated rings. The van der Waals surface area contributed by atoms with Crippen molar-refractivity contribution in [2.24, 2.45) is 0 Å². The Morgan fingerprint density at radius 2 is 1.93 bits per heavy atom. The fourth-order valence-corrected chi connectivity index (χ4v) is 1.60. The van der Waals surface area contributed by atoms with Gasteiger partial charge < -0.3 is 4.74 Å². The van der Waals surface area contributed by atoms with Gasteiger partial charge in [-0.2, -0.15) is 5.26 Å². The molecule has 0 spiro atoms. The van der Waals surface area contributed by atoms with Gasteiger partial charge in [0.25, 0.3) is 0 Å². The third kappa shape index (κ3) is 2.99. The second kappa shape index (κ2) is 4.84. The second-order valence-corrected chi connectivity index (χ2v) is 4.06. The summed E-state index contributed by atoms with van der Waals surface area (Å²) in [6.07, 6.45) is -0.394. The molecule has 0 heterocycles. The summed E-state index contributed by atoms with van der Waals surface area (Å²) in [7, 11) is 0. The summed E-state index contributed by atoms with van der Waals surface area (Å²) in [5.41, 5.74) is 2.54. The van der Waals surface area contributed by atoms with Crippen LogP contribution in [0.3, 0.4) is 0 Å². The number of ether oxygens (including phenoxy) is 1. The molecule has 0 amide bonds. The van der Waals surface area contributed by atoms with E-state index in [0.29, 0.717) is 5.92 Å². The van der Waals surface area contributed by atoms with Gasteiger partial charge in [0, 0.05) is 0 Å². The van der Waals surface area contributed by atoms with E-state index in [2.05, 4.69) is 26.8 Å². The molecular weight excluding hydrogens is 186 g/mol. The van der Waals surface area contributed by atoms with E-state index in [4.69, 9.17) is 10.00 Å². The Balaban J connectivity index is 2.88. The Labute approximate surface area is 91.5 Å². The van der Waals surface area contributed by atoms with Crippen LogP contribution in [0.4, 0.5) is 0 Å². The Hall–Kier alpha value is -1.49. The highest BCUT2D eigenvalue weighted by Crippen LogP contribution is 2.23. The Morgan fingerprint density at radius 1 is 1.27 bits per heavy atom. The van der Waals surface area contributed by atoms with Gasteiger partial charge in [0.2, 0.25) is 0 Å². The topological polar surface area (TPSA) is 33.0 Å². The molecule has 0 aliphatic carbocycles. The lowest BCUT2D eigenvalue weighted by Crippen LogP contribution is -2.08. The highest BCUT2D eigenvalue weighted by Gasteiger charge is 2.06. The lowest BCUT2D eigenvalue weighted by molar-refractivity contribution is 0.276. The van der Waals surface area contributed by atoms with Gasteiger partial charge in [-0.1, -0.05) is 19.9 Å². The van der Waals surface area contributed by atoms with Crippen LogP contribution >= 0.6 is 0 Å². The van der Waals surface area contributed by atoms with Gasteiger partial charge in [0.1, 0.15) is 11.8 Å². The smallest absolute Gasteiger partial charge is 0.181 e. The van der Waals surface area contributed by atoms with E-state index in [1.807, 2.05) is 18.2 Å². The predicted molar refractivity (Wildman–Crippen MR) is 61.0 cm³/mol. The minimum Gasteiger partial charge on any atom is -0.476 e. The molecule has 0 saturated carbocycles. The van der Waals surface area contributed by atoms with Crippen LogP contribution in [0.1, 0.15) is 37.8 Å². The zero-order valence-corrected chi connectivity index (χ0v) is 9.74. The minimum atomic E-state index is -0.394. The maximum absolute atomic E-state index is 8.63. The molecule has 0 aliphatic rings. The molecule has 0 bridgehead atoms. The molecule has 2 nitrogen and oxygen atoms in total. The van der Waals surface area contributed by atoms with Crippen LogP contribution in [0.5, 0.6) is 5.75 Å². The summed E-state index contributed by atoms with van der Waals surface area (Å²) < 4.78 is 5.42. The molecule has 0 aliphatic heterocycles. The first-order chi connectivity index (χ1) is 7.04. The second-order valence-electron chi connectivity index (χ2n) is 4.06. The van der Waals surface area contributed by atoms with Crippen molar-refractivity contribution in [3.63, 3.8) is 0 Å². The average Bonchev–Trinajstić information content (AvgIpc) is 2.17. The van der Waals surface area contributed by atoms with E-state index in [1.165, 1.54) is 11.1 Å². The monoisotopic (exact) mass is 203 g/mol. The molecule has 0 saturated heterocycles. The maximum Gasteiger partial charge on any atom is 0.181 e. The lowest BCUT2D eigenvalue weighted by Gasteiger charge is -2.13. The van der Waals surface area contributed by atoms with Crippen molar-refractivity contribution < 1.29 is 4.74 Å². The normalized spacial score (nSPS) is 12.3. The molecule has 1 unspecified atom stereocenters. The van der Waals surface area contributed by atoms with Crippen molar-refractivity contribution in [2.45, 2.75) is 39.7 Å². The van der Waals surface area contributed by atoms with Gasteiger partial charge in [-0.3, -0.25) is 0 Å². The number of nitriles is 1. The molecule has 1 atom stereocenters. The maximum atomic E-state index is 8.63. The lowest BCUT2D eigenvalue weighted by atomic mass is 9.98. The van der Waals surface area contributed by atoms with Crippen molar-refractivity contribution >= 4 is 0 Å².